The summed E-state index contributed by atoms with van der Waals surface area (Å²) in [5.74, 6) is 0. The van der Waals surface area contributed by atoms with Crippen LogP contribution in [0.4, 0.5) is 0 Å². The monoisotopic (exact) mass is 494 g/mol. The van der Waals surface area contributed by atoms with Crippen LogP contribution < -0.4 is 0 Å². The van der Waals surface area contributed by atoms with Gasteiger partial charge in [0.1, 0.15) is 6.54 Å². The average molecular weight is 495 g/mol. The first-order valence-corrected chi connectivity index (χ1v) is 13.4. The van der Waals surface area contributed by atoms with E-state index < -0.39 is 0 Å². The van der Waals surface area contributed by atoms with E-state index in [9.17, 15) is 0 Å². The van der Waals surface area contributed by atoms with E-state index in [1.165, 1.54) is 89.2 Å². The second-order valence-electron chi connectivity index (χ2n) is 8.19. The third-order valence-corrected chi connectivity index (χ3v) is 5.07. The fraction of sp³-hybridized carbons (Fsp3) is 0.739. The Hall–Kier alpha value is 0.200. The Balaban J connectivity index is 0.00000301. The topological polar surface area (TPSA) is 0 Å². The quantitative estimate of drug-likeness (QED) is 0.130. The van der Waals surface area contributed by atoms with Crippen LogP contribution in [0.25, 0.3) is 0 Å². The summed E-state index contributed by atoms with van der Waals surface area (Å²) in [6, 6.07) is 10.9. The van der Waals surface area contributed by atoms with Crippen LogP contribution in [-0.4, -0.2) is 25.1 Å². The van der Waals surface area contributed by atoms with Crippen molar-refractivity contribution in [3.63, 3.8) is 0 Å². The Labute approximate surface area is 181 Å². The number of quaternary nitrogens is 1. The van der Waals surface area contributed by atoms with Crippen LogP contribution in [0.1, 0.15) is 89.5 Å². The number of nitrogens with zero attached hydrogens (tertiary/aromatic N) is 1. The molecule has 26 heavy (non-hydrogen) atoms. The van der Waals surface area contributed by atoms with Crippen LogP contribution in [0.2, 0.25) is 0 Å². The second kappa shape index (κ2) is 18.6. The fourth-order valence-electron chi connectivity index (χ4n) is 3.54. The van der Waals surface area contributed by atoms with Crippen LogP contribution in [0.3, 0.4) is 0 Å². The zero-order valence-corrected chi connectivity index (χ0v) is 20.4. The SMILES string of the molecule is CCCCCCCCCCCCCC[N+](C)(C)Cc1ccccc1.ClI. The highest BCUT2D eigenvalue weighted by Gasteiger charge is 2.14. The van der Waals surface area contributed by atoms with Crippen molar-refractivity contribution in [3.8, 4) is 0 Å². The van der Waals surface area contributed by atoms with Gasteiger partial charge in [0.15, 0.2) is 0 Å². The number of hydrogen-bond donors (Lipinski definition) is 0. The lowest BCUT2D eigenvalue weighted by atomic mass is 10.1. The predicted octanol–water partition coefficient (Wildman–Crippen LogP) is 8.54. The molecule has 0 aliphatic rings. The molecule has 1 rings (SSSR count). The Morgan fingerprint density at radius 2 is 1.12 bits per heavy atom. The molecule has 3 heteroatoms. The van der Waals surface area contributed by atoms with Gasteiger partial charge >= 0.3 is 0 Å². The molecule has 0 N–H and O–H groups in total. The lowest BCUT2D eigenvalue weighted by molar-refractivity contribution is -0.903. The first kappa shape index (κ1) is 26.2. The molecule has 0 saturated carbocycles. The van der Waals surface area contributed by atoms with Gasteiger partial charge in [-0.15, -0.1) is 0 Å². The highest BCUT2D eigenvalue weighted by atomic mass is 127. The smallest absolute Gasteiger partial charge is 0.104 e. The Bertz CT molecular complexity index is 394. The van der Waals surface area contributed by atoms with Crippen LogP contribution in [-0.2, 0) is 6.54 Å². The van der Waals surface area contributed by atoms with Crippen molar-refractivity contribution in [2.45, 2.75) is 90.5 Å². The molecule has 0 bridgehead atoms. The van der Waals surface area contributed by atoms with E-state index in [-0.39, 0.29) is 0 Å². The van der Waals surface area contributed by atoms with E-state index in [1.54, 1.807) is 21.5 Å². The maximum absolute atomic E-state index is 4.61. The lowest BCUT2D eigenvalue weighted by Crippen LogP contribution is -2.39. The molecule has 1 nitrogen and oxygen atoms in total. The van der Waals surface area contributed by atoms with Crippen LogP contribution in [0, 0.1) is 0 Å². The molecule has 0 aliphatic carbocycles. The van der Waals surface area contributed by atoms with Crippen LogP contribution in [0.5, 0.6) is 0 Å². The third kappa shape index (κ3) is 16.4. The molecule has 152 valence electrons. The van der Waals surface area contributed by atoms with Crippen molar-refractivity contribution in [2.24, 2.45) is 0 Å². The first-order chi connectivity index (χ1) is 12.6. The van der Waals surface area contributed by atoms with Gasteiger partial charge in [-0.05, 0) is 21.8 Å². The van der Waals surface area contributed by atoms with E-state index in [1.807, 2.05) is 0 Å². The Morgan fingerprint density at radius 1 is 0.692 bits per heavy atom. The van der Waals surface area contributed by atoms with Crippen molar-refractivity contribution < 1.29 is 4.48 Å². The number of hydrogen-bond acceptors (Lipinski definition) is 0. The highest BCUT2D eigenvalue weighted by molar-refractivity contribution is 14.1. The van der Waals surface area contributed by atoms with Crippen molar-refractivity contribution >= 4 is 30.4 Å². The molecule has 1 aromatic carbocycles. The minimum Gasteiger partial charge on any atom is -0.325 e. The fourth-order valence-corrected chi connectivity index (χ4v) is 3.54. The van der Waals surface area contributed by atoms with Crippen molar-refractivity contribution in [3.05, 3.63) is 35.9 Å². The molecule has 0 aromatic heterocycles. The molecule has 0 spiro atoms. The third-order valence-electron chi connectivity index (χ3n) is 5.07. The van der Waals surface area contributed by atoms with Crippen molar-refractivity contribution in [2.75, 3.05) is 20.6 Å². The summed E-state index contributed by atoms with van der Waals surface area (Å²) in [6.45, 7) is 4.74. The molecule has 0 unspecified atom stereocenters. The van der Waals surface area contributed by atoms with Gasteiger partial charge in [-0.3, -0.25) is 0 Å². The molecule has 0 heterocycles. The summed E-state index contributed by atoms with van der Waals surface area (Å²) in [5.41, 5.74) is 1.46. The minimum absolute atomic E-state index is 1.11. The van der Waals surface area contributed by atoms with Crippen molar-refractivity contribution in [1.82, 2.24) is 0 Å². The van der Waals surface area contributed by atoms with E-state index in [0.29, 0.717) is 0 Å². The van der Waals surface area contributed by atoms with E-state index in [2.05, 4.69) is 60.3 Å². The summed E-state index contributed by atoms with van der Waals surface area (Å²) in [5, 5.41) is 0. The molecular formula is C23H42ClIN+. The van der Waals surface area contributed by atoms with Gasteiger partial charge in [-0.1, -0.05) is 101 Å². The predicted molar refractivity (Wildman–Crippen MR) is 128 cm³/mol. The van der Waals surface area contributed by atoms with Crippen molar-refractivity contribution in [1.29, 1.82) is 0 Å². The molecule has 0 radical (unpaired) electrons. The van der Waals surface area contributed by atoms with Gasteiger partial charge in [0.25, 0.3) is 0 Å². The maximum Gasteiger partial charge on any atom is 0.104 e. The summed E-state index contributed by atoms with van der Waals surface area (Å²) in [7, 11) is 9.34. The van der Waals surface area contributed by atoms with Crippen LogP contribution in [0.15, 0.2) is 30.3 Å². The summed E-state index contributed by atoms with van der Waals surface area (Å²) >= 11 is 1.62. The van der Waals surface area contributed by atoms with Gasteiger partial charge in [0.05, 0.1) is 20.6 Å². The summed E-state index contributed by atoms with van der Waals surface area (Å²) in [6.07, 6.45) is 17.2. The van der Waals surface area contributed by atoms with Crippen LogP contribution >= 0.6 is 30.4 Å². The van der Waals surface area contributed by atoms with E-state index in [0.717, 1.165) is 11.0 Å². The Morgan fingerprint density at radius 3 is 1.58 bits per heavy atom. The van der Waals surface area contributed by atoms with E-state index >= 15 is 0 Å². The van der Waals surface area contributed by atoms with Gasteiger partial charge in [-0.25, -0.2) is 0 Å². The number of rotatable bonds is 15. The van der Waals surface area contributed by atoms with Gasteiger partial charge in [0, 0.05) is 27.0 Å². The molecule has 1 aromatic rings. The van der Waals surface area contributed by atoms with Gasteiger partial charge in [-0.2, -0.15) is 0 Å². The largest absolute Gasteiger partial charge is 0.325 e. The van der Waals surface area contributed by atoms with E-state index in [4.69, 9.17) is 0 Å². The zero-order chi connectivity index (χ0) is 19.5. The molecule has 0 saturated heterocycles. The minimum atomic E-state index is 1.11. The summed E-state index contributed by atoms with van der Waals surface area (Å²) in [4.78, 5) is 0. The maximum atomic E-state index is 4.61. The van der Waals surface area contributed by atoms with Gasteiger partial charge < -0.3 is 4.48 Å². The van der Waals surface area contributed by atoms with Gasteiger partial charge in [0.2, 0.25) is 0 Å². The molecule has 0 atom stereocenters. The normalized spacial score (nSPS) is 11.1. The molecule has 0 fully saturated rings. The first-order valence-electron chi connectivity index (χ1n) is 10.6. The lowest BCUT2D eigenvalue weighted by Gasteiger charge is -2.30. The number of halogens is 2. The summed E-state index contributed by atoms with van der Waals surface area (Å²) < 4.78 is 1.11. The molecule has 0 amide bonds. The standard InChI is InChI=1S/C23H42N.ClI/c1-4-5-6-7-8-9-10-11-12-13-14-18-21-24(2,3)22-23-19-16-15-17-20-23;1-2/h15-17,19-20H,4-14,18,21-22H2,1-3H3;/q+1;. The zero-order valence-electron chi connectivity index (χ0n) is 17.5. The molecular weight excluding hydrogens is 453 g/mol. The number of benzene rings is 1. The second-order valence-corrected chi connectivity index (χ2v) is 8.19. The Kier molecular flexibility index (Phi) is 18.7. The highest BCUT2D eigenvalue weighted by Crippen LogP contribution is 2.14. The molecule has 0 aliphatic heterocycles. The number of unbranched alkanes of at least 4 members (excludes halogenated alkanes) is 11. The average Bonchev–Trinajstić information content (AvgIpc) is 2.65.